The predicted octanol–water partition coefficient (Wildman–Crippen LogP) is 1.54. The summed E-state index contributed by atoms with van der Waals surface area (Å²) < 4.78 is 7.18. The number of aryl methyl sites for hydroxylation is 2. The summed E-state index contributed by atoms with van der Waals surface area (Å²) in [4.78, 5) is 8.62. The lowest BCUT2D eigenvalue weighted by atomic mass is 10.0. The number of hydrogen-bond donors (Lipinski definition) is 1. The molecule has 6 heteroatoms. The standard InChI is InChI=1S/C13H19N5O/c1-18-9-8-15-13(18)12-16-11(19-17-12)6-5-10-4-2-3-7-14-10/h8-10,14H,2-7H2,1H3. The van der Waals surface area contributed by atoms with Crippen molar-refractivity contribution in [2.75, 3.05) is 6.54 Å². The molecule has 2 aromatic heterocycles. The number of aromatic nitrogens is 4. The molecule has 1 saturated heterocycles. The van der Waals surface area contributed by atoms with E-state index in [0.717, 1.165) is 25.2 Å². The zero-order chi connectivity index (χ0) is 13.1. The lowest BCUT2D eigenvalue weighted by molar-refractivity contribution is 0.342. The highest BCUT2D eigenvalue weighted by Gasteiger charge is 2.16. The first-order chi connectivity index (χ1) is 9.33. The summed E-state index contributed by atoms with van der Waals surface area (Å²) in [5.74, 6) is 2.01. The van der Waals surface area contributed by atoms with Crippen molar-refractivity contribution in [3.63, 3.8) is 0 Å². The van der Waals surface area contributed by atoms with Gasteiger partial charge in [0.05, 0.1) is 0 Å². The maximum absolute atomic E-state index is 5.29. The zero-order valence-electron chi connectivity index (χ0n) is 11.2. The van der Waals surface area contributed by atoms with Crippen molar-refractivity contribution in [2.24, 2.45) is 7.05 Å². The highest BCUT2D eigenvalue weighted by molar-refractivity contribution is 5.42. The van der Waals surface area contributed by atoms with E-state index in [-0.39, 0.29) is 0 Å². The van der Waals surface area contributed by atoms with Gasteiger partial charge < -0.3 is 14.4 Å². The molecule has 102 valence electrons. The second-order valence-corrected chi connectivity index (χ2v) is 5.06. The van der Waals surface area contributed by atoms with Crippen molar-refractivity contribution < 1.29 is 4.52 Å². The van der Waals surface area contributed by atoms with E-state index in [9.17, 15) is 0 Å². The molecule has 1 atom stereocenters. The van der Waals surface area contributed by atoms with Crippen LogP contribution < -0.4 is 5.32 Å². The zero-order valence-corrected chi connectivity index (χ0v) is 11.2. The van der Waals surface area contributed by atoms with Gasteiger partial charge in [-0.15, -0.1) is 0 Å². The van der Waals surface area contributed by atoms with E-state index < -0.39 is 0 Å². The number of rotatable bonds is 4. The molecule has 1 aliphatic heterocycles. The van der Waals surface area contributed by atoms with E-state index in [1.807, 2.05) is 17.8 Å². The molecule has 6 nitrogen and oxygen atoms in total. The Morgan fingerprint density at radius 3 is 3.16 bits per heavy atom. The number of piperidine rings is 1. The van der Waals surface area contributed by atoms with Gasteiger partial charge in [0.15, 0.2) is 5.82 Å². The summed E-state index contributed by atoms with van der Waals surface area (Å²) >= 11 is 0. The van der Waals surface area contributed by atoms with Crippen molar-refractivity contribution in [3.05, 3.63) is 18.3 Å². The fourth-order valence-corrected chi connectivity index (χ4v) is 2.50. The van der Waals surface area contributed by atoms with E-state index in [0.29, 0.717) is 17.8 Å². The van der Waals surface area contributed by atoms with E-state index in [2.05, 4.69) is 20.4 Å². The van der Waals surface area contributed by atoms with Gasteiger partial charge in [0.1, 0.15) is 0 Å². The van der Waals surface area contributed by atoms with Crippen LogP contribution in [0.3, 0.4) is 0 Å². The number of nitrogens with one attached hydrogen (secondary N) is 1. The van der Waals surface area contributed by atoms with Crippen LogP contribution in [0.1, 0.15) is 31.6 Å². The molecule has 0 saturated carbocycles. The second kappa shape index (κ2) is 5.52. The average Bonchev–Trinajstić information content (AvgIpc) is 3.06. The second-order valence-electron chi connectivity index (χ2n) is 5.06. The molecule has 1 fully saturated rings. The smallest absolute Gasteiger partial charge is 0.238 e. The largest absolute Gasteiger partial charge is 0.339 e. The topological polar surface area (TPSA) is 68.8 Å². The molecule has 0 aliphatic carbocycles. The molecule has 3 rings (SSSR count). The van der Waals surface area contributed by atoms with E-state index >= 15 is 0 Å². The summed E-state index contributed by atoms with van der Waals surface area (Å²) in [7, 11) is 1.92. The first kappa shape index (κ1) is 12.3. The van der Waals surface area contributed by atoms with Gasteiger partial charge in [0, 0.05) is 31.9 Å². The van der Waals surface area contributed by atoms with Gasteiger partial charge in [0.2, 0.25) is 11.7 Å². The third kappa shape index (κ3) is 2.84. The van der Waals surface area contributed by atoms with Crippen LogP contribution in [0.2, 0.25) is 0 Å². The molecular formula is C13H19N5O. The Morgan fingerprint density at radius 1 is 1.47 bits per heavy atom. The maximum Gasteiger partial charge on any atom is 0.238 e. The van der Waals surface area contributed by atoms with Crippen LogP contribution in [0.5, 0.6) is 0 Å². The minimum absolute atomic E-state index is 0.569. The van der Waals surface area contributed by atoms with Gasteiger partial charge in [0.25, 0.3) is 0 Å². The van der Waals surface area contributed by atoms with Crippen LogP contribution in [0.25, 0.3) is 11.6 Å². The van der Waals surface area contributed by atoms with Crippen LogP contribution in [-0.2, 0) is 13.5 Å². The molecule has 1 N–H and O–H groups in total. The average molecular weight is 261 g/mol. The van der Waals surface area contributed by atoms with Crippen molar-refractivity contribution in [1.82, 2.24) is 25.0 Å². The summed E-state index contributed by atoms with van der Waals surface area (Å²) in [6, 6.07) is 0.595. The highest BCUT2D eigenvalue weighted by Crippen LogP contribution is 2.15. The fraction of sp³-hybridized carbons (Fsp3) is 0.615. The Bertz CT molecular complexity index is 527. The SMILES string of the molecule is Cn1ccnc1-c1noc(CCC2CCCCN2)n1. The Labute approximate surface area is 112 Å². The molecule has 0 amide bonds. The van der Waals surface area contributed by atoms with Gasteiger partial charge in [-0.2, -0.15) is 4.98 Å². The normalized spacial score (nSPS) is 19.7. The van der Waals surface area contributed by atoms with Crippen LogP contribution in [-0.4, -0.2) is 32.3 Å². The minimum atomic E-state index is 0.569. The lowest BCUT2D eigenvalue weighted by Crippen LogP contribution is -2.34. The fourth-order valence-electron chi connectivity index (χ4n) is 2.50. The van der Waals surface area contributed by atoms with Crippen molar-refractivity contribution in [2.45, 2.75) is 38.1 Å². The van der Waals surface area contributed by atoms with Gasteiger partial charge in [-0.25, -0.2) is 4.98 Å². The number of nitrogens with zero attached hydrogens (tertiary/aromatic N) is 4. The number of imidazole rings is 1. The molecule has 2 aromatic rings. The quantitative estimate of drug-likeness (QED) is 0.904. The van der Waals surface area contributed by atoms with E-state index in [1.165, 1.54) is 19.3 Å². The van der Waals surface area contributed by atoms with Crippen LogP contribution >= 0.6 is 0 Å². The van der Waals surface area contributed by atoms with Crippen LogP contribution in [0.15, 0.2) is 16.9 Å². The maximum atomic E-state index is 5.29. The van der Waals surface area contributed by atoms with Crippen LogP contribution in [0, 0.1) is 0 Å². The first-order valence-electron chi connectivity index (χ1n) is 6.86. The molecule has 3 heterocycles. The summed E-state index contributed by atoms with van der Waals surface area (Å²) in [6.07, 6.45) is 9.35. The van der Waals surface area contributed by atoms with E-state index in [1.54, 1.807) is 6.20 Å². The summed E-state index contributed by atoms with van der Waals surface area (Å²) in [5, 5.41) is 7.52. The first-order valence-corrected chi connectivity index (χ1v) is 6.86. The van der Waals surface area contributed by atoms with Crippen molar-refractivity contribution in [3.8, 4) is 11.6 Å². The molecular weight excluding hydrogens is 242 g/mol. The molecule has 0 radical (unpaired) electrons. The Morgan fingerprint density at radius 2 is 2.42 bits per heavy atom. The number of hydrogen-bond acceptors (Lipinski definition) is 5. The van der Waals surface area contributed by atoms with Gasteiger partial charge in [-0.3, -0.25) is 0 Å². The Kier molecular flexibility index (Phi) is 3.59. The van der Waals surface area contributed by atoms with Crippen molar-refractivity contribution in [1.29, 1.82) is 0 Å². The Balaban J connectivity index is 1.60. The monoisotopic (exact) mass is 261 g/mol. The molecule has 0 spiro atoms. The lowest BCUT2D eigenvalue weighted by Gasteiger charge is -2.22. The summed E-state index contributed by atoms with van der Waals surface area (Å²) in [5.41, 5.74) is 0. The molecule has 1 aliphatic rings. The Hall–Kier alpha value is -1.69. The third-order valence-electron chi connectivity index (χ3n) is 3.61. The van der Waals surface area contributed by atoms with Gasteiger partial charge in [-0.1, -0.05) is 11.6 Å². The third-order valence-corrected chi connectivity index (χ3v) is 3.61. The predicted molar refractivity (Wildman–Crippen MR) is 70.5 cm³/mol. The van der Waals surface area contributed by atoms with Crippen LogP contribution in [0.4, 0.5) is 0 Å². The van der Waals surface area contributed by atoms with Gasteiger partial charge >= 0.3 is 0 Å². The molecule has 1 unspecified atom stereocenters. The van der Waals surface area contributed by atoms with Crippen molar-refractivity contribution >= 4 is 0 Å². The van der Waals surface area contributed by atoms with E-state index in [4.69, 9.17) is 4.52 Å². The molecule has 0 aromatic carbocycles. The molecule has 19 heavy (non-hydrogen) atoms. The summed E-state index contributed by atoms with van der Waals surface area (Å²) in [6.45, 7) is 1.13. The minimum Gasteiger partial charge on any atom is -0.339 e. The van der Waals surface area contributed by atoms with Gasteiger partial charge in [-0.05, 0) is 25.8 Å². The molecule has 0 bridgehead atoms. The highest BCUT2D eigenvalue weighted by atomic mass is 16.5.